The Kier molecular flexibility index (Phi) is 8.56. The number of hydrogen-bond acceptors (Lipinski definition) is 4. The maximum Gasteiger partial charge on any atom is 0.257 e. The Labute approximate surface area is 208 Å². The molecule has 1 aliphatic heterocycles. The molecule has 2 amide bonds. The molecule has 1 saturated carbocycles. The van der Waals surface area contributed by atoms with Gasteiger partial charge in [-0.1, -0.05) is 49.6 Å². The van der Waals surface area contributed by atoms with Gasteiger partial charge in [0.2, 0.25) is 5.91 Å². The van der Waals surface area contributed by atoms with Crippen LogP contribution in [0.1, 0.15) is 57.9 Å². The molecule has 2 aliphatic rings. The number of nitrogens with one attached hydrogen (secondary N) is 1. The van der Waals surface area contributed by atoms with Crippen LogP contribution in [0.25, 0.3) is 0 Å². The van der Waals surface area contributed by atoms with Crippen molar-refractivity contribution in [2.75, 3.05) is 18.2 Å². The SMILES string of the molecule is CCOc1ccc(CCC(C(=O)NCC2CCCCC2)C2C(=O)N(c3ccccc3)N=C2C)cc1. The minimum atomic E-state index is -0.552. The quantitative estimate of drug-likeness (QED) is 0.502. The zero-order valence-corrected chi connectivity index (χ0v) is 20.9. The van der Waals surface area contributed by atoms with Gasteiger partial charge < -0.3 is 10.1 Å². The van der Waals surface area contributed by atoms with Crippen LogP contribution in [0.15, 0.2) is 59.7 Å². The van der Waals surface area contributed by atoms with Gasteiger partial charge >= 0.3 is 0 Å². The number of benzene rings is 2. The van der Waals surface area contributed by atoms with Gasteiger partial charge in [-0.05, 0) is 75.3 Å². The molecule has 0 radical (unpaired) electrons. The maximum atomic E-state index is 13.5. The molecular formula is C29H37N3O3. The fourth-order valence-corrected chi connectivity index (χ4v) is 5.25. The van der Waals surface area contributed by atoms with Gasteiger partial charge in [-0.15, -0.1) is 0 Å². The van der Waals surface area contributed by atoms with Crippen LogP contribution in [0.5, 0.6) is 5.75 Å². The molecule has 6 heteroatoms. The second-order valence-corrected chi connectivity index (χ2v) is 9.68. The molecule has 2 unspecified atom stereocenters. The van der Waals surface area contributed by atoms with Crippen molar-refractivity contribution in [3.8, 4) is 5.75 Å². The highest BCUT2D eigenvalue weighted by atomic mass is 16.5. The molecule has 1 fully saturated rings. The summed E-state index contributed by atoms with van der Waals surface area (Å²) in [7, 11) is 0. The van der Waals surface area contributed by atoms with E-state index in [0.717, 1.165) is 17.0 Å². The van der Waals surface area contributed by atoms with E-state index in [2.05, 4.69) is 10.4 Å². The molecule has 0 bridgehead atoms. The Morgan fingerprint density at radius 2 is 1.80 bits per heavy atom. The number of anilines is 1. The Hall–Kier alpha value is -3.15. The Morgan fingerprint density at radius 1 is 1.09 bits per heavy atom. The predicted octanol–water partition coefficient (Wildman–Crippen LogP) is 5.37. The summed E-state index contributed by atoms with van der Waals surface area (Å²) in [5.74, 6) is 0.196. The summed E-state index contributed by atoms with van der Waals surface area (Å²) in [4.78, 5) is 27.0. The van der Waals surface area contributed by atoms with E-state index in [1.165, 1.54) is 37.1 Å². The van der Waals surface area contributed by atoms with E-state index in [1.54, 1.807) is 0 Å². The van der Waals surface area contributed by atoms with Gasteiger partial charge in [0, 0.05) is 12.3 Å². The van der Waals surface area contributed by atoms with E-state index in [0.29, 0.717) is 37.6 Å². The summed E-state index contributed by atoms with van der Waals surface area (Å²) < 4.78 is 5.55. The number of ether oxygens (including phenoxy) is 1. The minimum absolute atomic E-state index is 0.0377. The summed E-state index contributed by atoms with van der Waals surface area (Å²) in [5, 5.41) is 9.22. The van der Waals surface area contributed by atoms with Crippen LogP contribution in [-0.2, 0) is 16.0 Å². The highest BCUT2D eigenvalue weighted by Gasteiger charge is 2.42. The molecule has 1 heterocycles. The van der Waals surface area contributed by atoms with Crippen molar-refractivity contribution in [1.29, 1.82) is 0 Å². The summed E-state index contributed by atoms with van der Waals surface area (Å²) in [5.41, 5.74) is 2.55. The third-order valence-corrected chi connectivity index (χ3v) is 7.19. The van der Waals surface area contributed by atoms with Crippen molar-refractivity contribution >= 4 is 23.2 Å². The fraction of sp³-hybridized carbons (Fsp3) is 0.483. The molecule has 1 aliphatic carbocycles. The number of aryl methyl sites for hydroxylation is 1. The van der Waals surface area contributed by atoms with Gasteiger partial charge in [-0.3, -0.25) is 9.59 Å². The Balaban J connectivity index is 1.49. The molecule has 35 heavy (non-hydrogen) atoms. The van der Waals surface area contributed by atoms with Crippen LogP contribution in [-0.4, -0.2) is 30.7 Å². The highest BCUT2D eigenvalue weighted by molar-refractivity contribution is 6.16. The summed E-state index contributed by atoms with van der Waals surface area (Å²) >= 11 is 0. The molecular weight excluding hydrogens is 438 g/mol. The lowest BCUT2D eigenvalue weighted by atomic mass is 9.83. The lowest BCUT2D eigenvalue weighted by Gasteiger charge is -2.26. The van der Waals surface area contributed by atoms with E-state index >= 15 is 0 Å². The zero-order chi connectivity index (χ0) is 24.6. The average molecular weight is 476 g/mol. The number of hydrogen-bond donors (Lipinski definition) is 1. The van der Waals surface area contributed by atoms with Crippen molar-refractivity contribution < 1.29 is 14.3 Å². The van der Waals surface area contributed by atoms with Crippen LogP contribution in [0.2, 0.25) is 0 Å². The fourth-order valence-electron chi connectivity index (χ4n) is 5.25. The smallest absolute Gasteiger partial charge is 0.257 e. The van der Waals surface area contributed by atoms with Gasteiger partial charge in [0.25, 0.3) is 5.91 Å². The number of carbonyl (C=O) groups is 2. The maximum absolute atomic E-state index is 13.5. The van der Waals surface area contributed by atoms with E-state index in [-0.39, 0.29) is 11.8 Å². The highest BCUT2D eigenvalue weighted by Crippen LogP contribution is 2.31. The first kappa shape index (κ1) is 25.0. The first-order valence-corrected chi connectivity index (χ1v) is 13.0. The number of amides is 2. The summed E-state index contributed by atoms with van der Waals surface area (Å²) in [6, 6.07) is 17.4. The lowest BCUT2D eigenvalue weighted by Crippen LogP contribution is -2.43. The van der Waals surface area contributed by atoms with Crippen LogP contribution >= 0.6 is 0 Å². The van der Waals surface area contributed by atoms with Crippen molar-refractivity contribution in [2.45, 2.75) is 58.8 Å². The van der Waals surface area contributed by atoms with Crippen LogP contribution < -0.4 is 15.1 Å². The van der Waals surface area contributed by atoms with Gasteiger partial charge in [-0.2, -0.15) is 5.10 Å². The number of carbonyl (C=O) groups excluding carboxylic acids is 2. The minimum Gasteiger partial charge on any atom is -0.494 e. The topological polar surface area (TPSA) is 71.0 Å². The normalized spacial score (nSPS) is 19.4. The Morgan fingerprint density at radius 3 is 2.49 bits per heavy atom. The van der Waals surface area contributed by atoms with Crippen molar-refractivity contribution in [2.24, 2.45) is 22.9 Å². The van der Waals surface area contributed by atoms with E-state index in [9.17, 15) is 9.59 Å². The third kappa shape index (κ3) is 6.30. The van der Waals surface area contributed by atoms with Crippen LogP contribution in [0, 0.1) is 17.8 Å². The lowest BCUT2D eigenvalue weighted by molar-refractivity contribution is -0.131. The molecule has 0 spiro atoms. The molecule has 0 saturated heterocycles. The van der Waals surface area contributed by atoms with Crippen molar-refractivity contribution in [3.05, 3.63) is 60.2 Å². The Bertz CT molecular complexity index is 1010. The van der Waals surface area contributed by atoms with Crippen LogP contribution in [0.3, 0.4) is 0 Å². The van der Waals surface area contributed by atoms with Gasteiger partial charge in [0.05, 0.1) is 24.1 Å². The predicted molar refractivity (Wildman–Crippen MR) is 140 cm³/mol. The molecule has 6 nitrogen and oxygen atoms in total. The molecule has 186 valence electrons. The summed E-state index contributed by atoms with van der Waals surface area (Å²) in [6.07, 6.45) is 7.38. The number of nitrogens with zero attached hydrogens (tertiary/aromatic N) is 2. The second kappa shape index (κ2) is 12.0. The molecule has 2 aromatic rings. The molecule has 1 N–H and O–H groups in total. The van der Waals surface area contributed by atoms with Crippen molar-refractivity contribution in [1.82, 2.24) is 5.32 Å². The largest absolute Gasteiger partial charge is 0.494 e. The zero-order valence-electron chi connectivity index (χ0n) is 20.9. The number of hydrazone groups is 1. The van der Waals surface area contributed by atoms with E-state index in [4.69, 9.17) is 4.74 Å². The van der Waals surface area contributed by atoms with E-state index < -0.39 is 11.8 Å². The first-order chi connectivity index (χ1) is 17.1. The third-order valence-electron chi connectivity index (χ3n) is 7.19. The summed E-state index contributed by atoms with van der Waals surface area (Å²) in [6.45, 7) is 5.15. The molecule has 2 aromatic carbocycles. The number of rotatable bonds is 10. The van der Waals surface area contributed by atoms with Gasteiger partial charge in [-0.25, -0.2) is 5.01 Å². The first-order valence-electron chi connectivity index (χ1n) is 13.0. The van der Waals surface area contributed by atoms with Gasteiger partial charge in [0.1, 0.15) is 5.75 Å². The molecule has 0 aromatic heterocycles. The standard InChI is InChI=1S/C29H37N3O3/c1-3-35-25-17-14-22(15-18-25)16-19-26(28(33)30-20-23-10-6-4-7-11-23)27-21(2)31-32(29(27)34)24-12-8-5-9-13-24/h5,8-9,12-15,17-18,23,26-27H,3-4,6-7,10-11,16,19-20H2,1-2H3,(H,30,33). The van der Waals surface area contributed by atoms with Crippen LogP contribution in [0.4, 0.5) is 5.69 Å². The molecule has 4 rings (SSSR count). The monoisotopic (exact) mass is 475 g/mol. The molecule has 2 atom stereocenters. The van der Waals surface area contributed by atoms with Crippen molar-refractivity contribution in [3.63, 3.8) is 0 Å². The average Bonchev–Trinajstić information content (AvgIpc) is 3.19. The second-order valence-electron chi connectivity index (χ2n) is 9.68. The van der Waals surface area contributed by atoms with E-state index in [1.807, 2.05) is 68.4 Å². The van der Waals surface area contributed by atoms with Gasteiger partial charge in [0.15, 0.2) is 0 Å². The number of para-hydroxylation sites is 1.